The van der Waals surface area contributed by atoms with Gasteiger partial charge in [0.25, 0.3) is 0 Å². The highest BCUT2D eigenvalue weighted by atomic mass is 79.9. The average molecular weight is 294 g/mol. The standard InChI is InChI=1S/C12H12BrN3O/c13-9-1-2-10-11(7-9)15-12(8-14-10)16-3-5-17-6-4-16/h1-2,7-8H,3-6H2. The molecule has 17 heavy (non-hydrogen) atoms. The highest BCUT2D eigenvalue weighted by molar-refractivity contribution is 9.10. The molecule has 1 aliphatic heterocycles. The van der Waals surface area contributed by atoms with Crippen LogP contribution in [0.5, 0.6) is 0 Å². The van der Waals surface area contributed by atoms with Crippen molar-refractivity contribution in [2.24, 2.45) is 0 Å². The number of hydrogen-bond donors (Lipinski definition) is 0. The second kappa shape index (κ2) is 4.58. The van der Waals surface area contributed by atoms with E-state index < -0.39 is 0 Å². The van der Waals surface area contributed by atoms with E-state index in [2.05, 4.69) is 30.8 Å². The van der Waals surface area contributed by atoms with Gasteiger partial charge in [-0.3, -0.25) is 4.98 Å². The summed E-state index contributed by atoms with van der Waals surface area (Å²) in [6, 6.07) is 5.94. The van der Waals surface area contributed by atoms with Crippen molar-refractivity contribution in [1.82, 2.24) is 9.97 Å². The van der Waals surface area contributed by atoms with Crippen LogP contribution in [0.2, 0.25) is 0 Å². The van der Waals surface area contributed by atoms with E-state index in [-0.39, 0.29) is 0 Å². The number of rotatable bonds is 1. The Morgan fingerprint density at radius 1 is 1.18 bits per heavy atom. The first-order valence-corrected chi connectivity index (χ1v) is 6.37. The number of anilines is 1. The van der Waals surface area contributed by atoms with Crippen LogP contribution in [-0.4, -0.2) is 36.3 Å². The van der Waals surface area contributed by atoms with Gasteiger partial charge in [-0.2, -0.15) is 0 Å². The Bertz CT molecular complexity index is 540. The molecule has 0 spiro atoms. The lowest BCUT2D eigenvalue weighted by atomic mass is 10.3. The van der Waals surface area contributed by atoms with Crippen LogP contribution in [-0.2, 0) is 4.74 Å². The molecule has 0 bridgehead atoms. The van der Waals surface area contributed by atoms with Crippen molar-refractivity contribution in [1.29, 1.82) is 0 Å². The van der Waals surface area contributed by atoms with Crippen LogP contribution in [0, 0.1) is 0 Å². The highest BCUT2D eigenvalue weighted by Crippen LogP contribution is 2.20. The van der Waals surface area contributed by atoms with Gasteiger partial charge in [-0.25, -0.2) is 4.98 Å². The lowest BCUT2D eigenvalue weighted by Crippen LogP contribution is -2.36. The number of benzene rings is 1. The zero-order valence-electron chi connectivity index (χ0n) is 9.27. The van der Waals surface area contributed by atoms with Gasteiger partial charge in [0.15, 0.2) is 0 Å². The van der Waals surface area contributed by atoms with Gasteiger partial charge in [0.05, 0.1) is 30.4 Å². The number of halogens is 1. The van der Waals surface area contributed by atoms with E-state index in [0.29, 0.717) is 0 Å². The maximum absolute atomic E-state index is 5.33. The monoisotopic (exact) mass is 293 g/mol. The van der Waals surface area contributed by atoms with E-state index in [0.717, 1.165) is 47.6 Å². The van der Waals surface area contributed by atoms with Gasteiger partial charge in [0, 0.05) is 17.6 Å². The molecule has 2 aromatic rings. The Morgan fingerprint density at radius 2 is 2.00 bits per heavy atom. The number of nitrogens with zero attached hydrogens (tertiary/aromatic N) is 3. The Balaban J connectivity index is 1.99. The molecule has 0 amide bonds. The van der Waals surface area contributed by atoms with Crippen LogP contribution in [0.3, 0.4) is 0 Å². The second-order valence-electron chi connectivity index (χ2n) is 3.96. The summed E-state index contributed by atoms with van der Waals surface area (Å²) in [6.45, 7) is 3.29. The maximum atomic E-state index is 5.33. The lowest BCUT2D eigenvalue weighted by molar-refractivity contribution is 0.122. The molecule has 1 aromatic heterocycles. The SMILES string of the molecule is Brc1ccc2ncc(N3CCOCC3)nc2c1. The largest absolute Gasteiger partial charge is 0.378 e. The summed E-state index contributed by atoms with van der Waals surface area (Å²) in [7, 11) is 0. The van der Waals surface area contributed by atoms with Gasteiger partial charge in [-0.1, -0.05) is 15.9 Å². The third-order valence-corrected chi connectivity index (χ3v) is 3.32. The van der Waals surface area contributed by atoms with Crippen LogP contribution in [0.25, 0.3) is 11.0 Å². The molecule has 1 saturated heterocycles. The van der Waals surface area contributed by atoms with Crippen molar-refractivity contribution >= 4 is 32.8 Å². The third-order valence-electron chi connectivity index (χ3n) is 2.83. The quantitative estimate of drug-likeness (QED) is 0.808. The summed E-state index contributed by atoms with van der Waals surface area (Å²) < 4.78 is 6.36. The minimum Gasteiger partial charge on any atom is -0.378 e. The molecular weight excluding hydrogens is 282 g/mol. The molecule has 2 heterocycles. The Labute approximate surface area is 108 Å². The Morgan fingerprint density at radius 3 is 2.82 bits per heavy atom. The Hall–Kier alpha value is -1.20. The molecule has 5 heteroatoms. The van der Waals surface area contributed by atoms with Crippen LogP contribution in [0.1, 0.15) is 0 Å². The minimum absolute atomic E-state index is 0.762. The molecule has 0 radical (unpaired) electrons. The molecule has 88 valence electrons. The fraction of sp³-hybridized carbons (Fsp3) is 0.333. The summed E-state index contributed by atoms with van der Waals surface area (Å²) in [5, 5.41) is 0. The second-order valence-corrected chi connectivity index (χ2v) is 4.88. The zero-order chi connectivity index (χ0) is 11.7. The van der Waals surface area contributed by atoms with E-state index in [1.54, 1.807) is 0 Å². The van der Waals surface area contributed by atoms with Crippen molar-refractivity contribution in [3.63, 3.8) is 0 Å². The first-order valence-electron chi connectivity index (χ1n) is 5.58. The number of ether oxygens (including phenoxy) is 1. The van der Waals surface area contributed by atoms with E-state index in [9.17, 15) is 0 Å². The van der Waals surface area contributed by atoms with E-state index in [1.165, 1.54) is 0 Å². The van der Waals surface area contributed by atoms with Gasteiger partial charge in [-0.15, -0.1) is 0 Å². The van der Waals surface area contributed by atoms with Crippen molar-refractivity contribution in [3.05, 3.63) is 28.9 Å². The van der Waals surface area contributed by atoms with Crippen LogP contribution in [0.15, 0.2) is 28.9 Å². The first-order chi connectivity index (χ1) is 8.33. The first kappa shape index (κ1) is 10.9. The topological polar surface area (TPSA) is 38.2 Å². The molecule has 1 fully saturated rings. The van der Waals surface area contributed by atoms with Crippen LogP contribution < -0.4 is 4.90 Å². The van der Waals surface area contributed by atoms with Gasteiger partial charge < -0.3 is 9.64 Å². The lowest BCUT2D eigenvalue weighted by Gasteiger charge is -2.27. The molecule has 0 aliphatic carbocycles. The predicted molar refractivity (Wildman–Crippen MR) is 70.3 cm³/mol. The van der Waals surface area contributed by atoms with Gasteiger partial charge in [0.1, 0.15) is 5.82 Å². The summed E-state index contributed by atoms with van der Waals surface area (Å²) in [4.78, 5) is 11.3. The fourth-order valence-corrected chi connectivity index (χ4v) is 2.27. The minimum atomic E-state index is 0.762. The molecule has 0 saturated carbocycles. The van der Waals surface area contributed by atoms with E-state index in [1.807, 2.05) is 24.4 Å². The molecule has 3 rings (SSSR count). The molecule has 0 N–H and O–H groups in total. The molecule has 0 atom stereocenters. The van der Waals surface area contributed by atoms with Gasteiger partial charge in [-0.05, 0) is 18.2 Å². The van der Waals surface area contributed by atoms with Gasteiger partial charge in [0.2, 0.25) is 0 Å². The van der Waals surface area contributed by atoms with Crippen LogP contribution in [0.4, 0.5) is 5.82 Å². The molecule has 4 nitrogen and oxygen atoms in total. The average Bonchev–Trinajstić information content (AvgIpc) is 2.39. The summed E-state index contributed by atoms with van der Waals surface area (Å²) in [5.41, 5.74) is 1.84. The van der Waals surface area contributed by atoms with Crippen LogP contribution >= 0.6 is 15.9 Å². The number of aromatic nitrogens is 2. The van der Waals surface area contributed by atoms with Crippen molar-refractivity contribution in [2.75, 3.05) is 31.2 Å². The fourth-order valence-electron chi connectivity index (χ4n) is 1.92. The summed E-state index contributed by atoms with van der Waals surface area (Å²) in [5.74, 6) is 0.930. The third kappa shape index (κ3) is 2.25. The molecule has 1 aromatic carbocycles. The van der Waals surface area contributed by atoms with E-state index >= 15 is 0 Å². The highest BCUT2D eigenvalue weighted by Gasteiger charge is 2.13. The molecule has 1 aliphatic rings. The molecular formula is C12H12BrN3O. The summed E-state index contributed by atoms with van der Waals surface area (Å²) in [6.07, 6.45) is 1.83. The van der Waals surface area contributed by atoms with Crippen molar-refractivity contribution < 1.29 is 4.74 Å². The van der Waals surface area contributed by atoms with E-state index in [4.69, 9.17) is 4.74 Å². The smallest absolute Gasteiger partial charge is 0.148 e. The zero-order valence-corrected chi connectivity index (χ0v) is 10.9. The summed E-state index contributed by atoms with van der Waals surface area (Å²) >= 11 is 3.45. The normalized spacial score (nSPS) is 16.4. The molecule has 0 unspecified atom stereocenters. The number of fused-ring (bicyclic) bond motifs is 1. The number of hydrogen-bond acceptors (Lipinski definition) is 4. The Kier molecular flexibility index (Phi) is 2.94. The van der Waals surface area contributed by atoms with Crippen molar-refractivity contribution in [2.45, 2.75) is 0 Å². The number of morpholine rings is 1. The maximum Gasteiger partial charge on any atom is 0.148 e. The van der Waals surface area contributed by atoms with Crippen molar-refractivity contribution in [3.8, 4) is 0 Å². The van der Waals surface area contributed by atoms with Gasteiger partial charge >= 0.3 is 0 Å². The predicted octanol–water partition coefficient (Wildman–Crippen LogP) is 2.23.